The third-order valence-electron chi connectivity index (χ3n) is 3.32. The minimum atomic E-state index is -4.35. The first kappa shape index (κ1) is 20.0. The van der Waals surface area contributed by atoms with E-state index in [2.05, 4.69) is 20.6 Å². The van der Waals surface area contributed by atoms with E-state index in [9.17, 15) is 13.2 Å². The molecule has 142 valence electrons. The predicted octanol–water partition coefficient (Wildman–Crippen LogP) is 3.30. The number of aromatic nitrogens is 1. The summed E-state index contributed by atoms with van der Waals surface area (Å²) in [6.45, 7) is 1.76. The molecule has 0 spiro atoms. The van der Waals surface area contributed by atoms with Gasteiger partial charge in [0.25, 0.3) is 0 Å². The Balaban J connectivity index is 1.78. The van der Waals surface area contributed by atoms with Crippen LogP contribution >= 0.6 is 11.3 Å². The van der Waals surface area contributed by atoms with Crippen molar-refractivity contribution in [2.24, 2.45) is 4.99 Å². The number of alkyl halides is 3. The SMILES string of the molecule is CN=C(NCCc1csc(C)n1)NCc1cccc(OCC(F)(F)F)c1. The molecule has 0 bridgehead atoms. The van der Waals surface area contributed by atoms with Crippen LogP contribution in [0.1, 0.15) is 16.3 Å². The van der Waals surface area contributed by atoms with E-state index in [0.717, 1.165) is 22.7 Å². The van der Waals surface area contributed by atoms with E-state index < -0.39 is 12.8 Å². The van der Waals surface area contributed by atoms with Crippen LogP contribution in [0, 0.1) is 6.92 Å². The van der Waals surface area contributed by atoms with Gasteiger partial charge in [-0.15, -0.1) is 11.3 Å². The maximum atomic E-state index is 12.2. The lowest BCUT2D eigenvalue weighted by atomic mass is 10.2. The summed E-state index contributed by atoms with van der Waals surface area (Å²) in [7, 11) is 1.66. The molecular weight excluding hydrogens is 365 g/mol. The van der Waals surface area contributed by atoms with Crippen LogP contribution < -0.4 is 15.4 Å². The predicted molar refractivity (Wildman–Crippen MR) is 96.7 cm³/mol. The molecule has 0 saturated heterocycles. The summed E-state index contributed by atoms with van der Waals surface area (Å²) >= 11 is 1.62. The van der Waals surface area contributed by atoms with E-state index in [4.69, 9.17) is 4.74 Å². The fraction of sp³-hybridized carbons (Fsp3) is 0.412. The minimum absolute atomic E-state index is 0.184. The molecule has 0 aliphatic carbocycles. The molecule has 5 nitrogen and oxygen atoms in total. The van der Waals surface area contributed by atoms with Crippen molar-refractivity contribution in [3.8, 4) is 5.75 Å². The summed E-state index contributed by atoms with van der Waals surface area (Å²) in [5.41, 5.74) is 1.83. The van der Waals surface area contributed by atoms with Crippen LogP contribution in [0.15, 0.2) is 34.6 Å². The van der Waals surface area contributed by atoms with E-state index >= 15 is 0 Å². The number of nitrogens with zero attached hydrogens (tertiary/aromatic N) is 2. The van der Waals surface area contributed by atoms with Gasteiger partial charge in [-0.3, -0.25) is 4.99 Å². The van der Waals surface area contributed by atoms with E-state index in [1.54, 1.807) is 36.6 Å². The number of nitrogens with one attached hydrogen (secondary N) is 2. The van der Waals surface area contributed by atoms with Crippen LogP contribution in [-0.2, 0) is 13.0 Å². The van der Waals surface area contributed by atoms with Gasteiger partial charge in [0.1, 0.15) is 5.75 Å². The number of benzene rings is 1. The molecular formula is C17H21F3N4OS. The molecule has 2 rings (SSSR count). The van der Waals surface area contributed by atoms with Gasteiger partial charge in [0.05, 0.1) is 10.7 Å². The van der Waals surface area contributed by atoms with Gasteiger partial charge in [0.2, 0.25) is 0 Å². The molecule has 1 aromatic heterocycles. The largest absolute Gasteiger partial charge is 0.484 e. The number of ether oxygens (including phenoxy) is 1. The molecule has 2 N–H and O–H groups in total. The average molecular weight is 386 g/mol. The van der Waals surface area contributed by atoms with Crippen LogP contribution in [0.25, 0.3) is 0 Å². The van der Waals surface area contributed by atoms with Gasteiger partial charge in [-0.1, -0.05) is 12.1 Å². The van der Waals surface area contributed by atoms with Crippen molar-refractivity contribution in [1.29, 1.82) is 0 Å². The normalized spacial score (nSPS) is 12.1. The highest BCUT2D eigenvalue weighted by Gasteiger charge is 2.28. The second-order valence-corrected chi connectivity index (χ2v) is 6.57. The highest BCUT2D eigenvalue weighted by Crippen LogP contribution is 2.19. The van der Waals surface area contributed by atoms with Gasteiger partial charge in [-0.05, 0) is 24.6 Å². The summed E-state index contributed by atoms with van der Waals surface area (Å²) < 4.78 is 41.4. The molecule has 2 aromatic rings. The Morgan fingerprint density at radius 1 is 1.31 bits per heavy atom. The third-order valence-corrected chi connectivity index (χ3v) is 4.15. The van der Waals surface area contributed by atoms with Crippen LogP contribution in [0.5, 0.6) is 5.75 Å². The molecule has 0 atom stereocenters. The van der Waals surface area contributed by atoms with Crippen molar-refractivity contribution in [1.82, 2.24) is 15.6 Å². The quantitative estimate of drug-likeness (QED) is 0.566. The van der Waals surface area contributed by atoms with Gasteiger partial charge in [-0.2, -0.15) is 13.2 Å². The number of rotatable bonds is 7. The Labute approximate surface area is 154 Å². The van der Waals surface area contributed by atoms with Crippen molar-refractivity contribution in [2.75, 3.05) is 20.2 Å². The maximum absolute atomic E-state index is 12.2. The fourth-order valence-electron chi connectivity index (χ4n) is 2.15. The van der Waals surface area contributed by atoms with E-state index in [1.807, 2.05) is 12.3 Å². The van der Waals surface area contributed by atoms with Gasteiger partial charge in [0, 0.05) is 31.9 Å². The minimum Gasteiger partial charge on any atom is -0.484 e. The first-order chi connectivity index (χ1) is 12.4. The molecule has 0 fully saturated rings. The molecule has 1 aromatic carbocycles. The number of halogens is 3. The van der Waals surface area contributed by atoms with Gasteiger partial charge >= 0.3 is 6.18 Å². The topological polar surface area (TPSA) is 58.5 Å². The molecule has 0 aliphatic rings. The smallest absolute Gasteiger partial charge is 0.422 e. The molecule has 0 radical (unpaired) electrons. The highest BCUT2D eigenvalue weighted by molar-refractivity contribution is 7.09. The molecule has 1 heterocycles. The standard InChI is InChI=1S/C17H21F3N4OS/c1-12-24-14(10-26-12)6-7-22-16(21-2)23-9-13-4-3-5-15(8-13)25-11-17(18,19)20/h3-5,8,10H,6-7,9,11H2,1-2H3,(H2,21,22,23). The van der Waals surface area contributed by atoms with Gasteiger partial charge in [0.15, 0.2) is 12.6 Å². The first-order valence-electron chi connectivity index (χ1n) is 8.00. The zero-order valence-electron chi connectivity index (χ0n) is 14.6. The summed E-state index contributed by atoms with van der Waals surface area (Å²) in [6, 6.07) is 6.53. The lowest BCUT2D eigenvalue weighted by Gasteiger charge is -2.13. The maximum Gasteiger partial charge on any atom is 0.422 e. The number of thiazole rings is 1. The number of aliphatic imine (C=N–C) groups is 1. The second kappa shape index (κ2) is 9.42. The Hall–Kier alpha value is -2.29. The monoisotopic (exact) mass is 386 g/mol. The lowest BCUT2D eigenvalue weighted by Crippen LogP contribution is -2.37. The zero-order chi connectivity index (χ0) is 19.0. The molecule has 0 saturated carbocycles. The number of hydrogen-bond donors (Lipinski definition) is 2. The van der Waals surface area contributed by atoms with E-state index in [0.29, 0.717) is 19.0 Å². The molecule has 9 heteroatoms. The number of guanidine groups is 1. The van der Waals surface area contributed by atoms with Crippen molar-refractivity contribution < 1.29 is 17.9 Å². The van der Waals surface area contributed by atoms with Crippen LogP contribution in [0.2, 0.25) is 0 Å². The summed E-state index contributed by atoms with van der Waals surface area (Å²) in [5.74, 6) is 0.794. The van der Waals surface area contributed by atoms with Gasteiger partial charge in [-0.25, -0.2) is 4.98 Å². The molecule has 0 aliphatic heterocycles. The van der Waals surface area contributed by atoms with Crippen molar-refractivity contribution in [3.05, 3.63) is 45.9 Å². The Kier molecular flexibility index (Phi) is 7.26. The van der Waals surface area contributed by atoms with Crippen LogP contribution in [-0.4, -0.2) is 37.3 Å². The van der Waals surface area contributed by atoms with Crippen LogP contribution in [0.3, 0.4) is 0 Å². The van der Waals surface area contributed by atoms with Crippen molar-refractivity contribution in [2.45, 2.75) is 26.1 Å². The summed E-state index contributed by atoms with van der Waals surface area (Å²) in [6.07, 6.45) is -3.57. The number of hydrogen-bond acceptors (Lipinski definition) is 4. The lowest BCUT2D eigenvalue weighted by molar-refractivity contribution is -0.153. The Morgan fingerprint density at radius 2 is 2.12 bits per heavy atom. The molecule has 26 heavy (non-hydrogen) atoms. The average Bonchev–Trinajstić information content (AvgIpc) is 3.01. The number of aryl methyl sites for hydroxylation is 1. The Morgan fingerprint density at radius 3 is 2.77 bits per heavy atom. The third kappa shape index (κ3) is 7.30. The highest BCUT2D eigenvalue weighted by atomic mass is 32.1. The Bertz CT molecular complexity index is 731. The van der Waals surface area contributed by atoms with Gasteiger partial charge < -0.3 is 15.4 Å². The van der Waals surface area contributed by atoms with Crippen molar-refractivity contribution >= 4 is 17.3 Å². The van der Waals surface area contributed by atoms with E-state index in [1.165, 1.54) is 6.07 Å². The second-order valence-electron chi connectivity index (χ2n) is 5.51. The molecule has 0 amide bonds. The van der Waals surface area contributed by atoms with E-state index in [-0.39, 0.29) is 5.75 Å². The summed E-state index contributed by atoms with van der Waals surface area (Å²) in [5, 5.41) is 9.37. The fourth-order valence-corrected chi connectivity index (χ4v) is 2.80. The van der Waals surface area contributed by atoms with Crippen molar-refractivity contribution in [3.63, 3.8) is 0 Å². The summed E-state index contributed by atoms with van der Waals surface area (Å²) in [4.78, 5) is 8.52. The first-order valence-corrected chi connectivity index (χ1v) is 8.88. The van der Waals surface area contributed by atoms with Crippen LogP contribution in [0.4, 0.5) is 13.2 Å². The zero-order valence-corrected chi connectivity index (χ0v) is 15.4. The molecule has 0 unspecified atom stereocenters.